The van der Waals surface area contributed by atoms with Gasteiger partial charge < -0.3 is 10.6 Å². The van der Waals surface area contributed by atoms with Gasteiger partial charge in [-0.25, -0.2) is 13.4 Å². The third-order valence-corrected chi connectivity index (χ3v) is 4.49. The number of alkyl halides is 3. The fourth-order valence-electron chi connectivity index (χ4n) is 2.19. The predicted molar refractivity (Wildman–Crippen MR) is 91.6 cm³/mol. The first-order chi connectivity index (χ1) is 10.1. The summed E-state index contributed by atoms with van der Waals surface area (Å²) in [5.41, 5.74) is 5.80. The second kappa shape index (κ2) is 8.93. The van der Waals surface area contributed by atoms with Gasteiger partial charge in [0.2, 0.25) is 10.0 Å². The standard InChI is InChI=1S/C12H17F3N4O2S.2ClH/c13-12(14,15)8-22(20,21)18-10-1-2-11(17-7-10)19-5-3-9(16)4-6-19;;/h1-2,7,9,18H,3-6,8,16H2;2*1H. The lowest BCUT2D eigenvalue weighted by Gasteiger charge is -2.31. The van der Waals surface area contributed by atoms with Crippen LogP contribution in [0.15, 0.2) is 18.3 Å². The summed E-state index contributed by atoms with van der Waals surface area (Å²) < 4.78 is 61.0. The van der Waals surface area contributed by atoms with Crippen molar-refractivity contribution in [2.45, 2.75) is 25.1 Å². The molecule has 0 spiro atoms. The maximum atomic E-state index is 12.1. The largest absolute Gasteiger partial charge is 0.404 e. The molecule has 1 aliphatic heterocycles. The van der Waals surface area contributed by atoms with E-state index in [0.29, 0.717) is 5.82 Å². The van der Waals surface area contributed by atoms with Crippen molar-refractivity contribution >= 4 is 46.3 Å². The highest BCUT2D eigenvalue weighted by Crippen LogP contribution is 2.21. The molecule has 0 atom stereocenters. The summed E-state index contributed by atoms with van der Waals surface area (Å²) in [6, 6.07) is 3.14. The van der Waals surface area contributed by atoms with Gasteiger partial charge in [0.05, 0.1) is 11.9 Å². The van der Waals surface area contributed by atoms with Crippen LogP contribution in [0.4, 0.5) is 24.7 Å². The van der Waals surface area contributed by atoms with Gasteiger partial charge >= 0.3 is 6.18 Å². The van der Waals surface area contributed by atoms with Crippen LogP contribution in [0.1, 0.15) is 12.8 Å². The highest BCUT2D eigenvalue weighted by Gasteiger charge is 2.35. The van der Waals surface area contributed by atoms with Crippen LogP contribution in [0.2, 0.25) is 0 Å². The molecule has 0 unspecified atom stereocenters. The van der Waals surface area contributed by atoms with E-state index < -0.39 is 22.0 Å². The van der Waals surface area contributed by atoms with Gasteiger partial charge in [0.1, 0.15) is 5.82 Å². The summed E-state index contributed by atoms with van der Waals surface area (Å²) >= 11 is 0. The fraction of sp³-hybridized carbons (Fsp3) is 0.583. The SMILES string of the molecule is Cl.Cl.NC1CCN(c2ccc(NS(=O)(=O)CC(F)(F)F)cn2)CC1. The number of hydrogen-bond acceptors (Lipinski definition) is 5. The molecule has 0 bridgehead atoms. The van der Waals surface area contributed by atoms with Gasteiger partial charge in [-0.2, -0.15) is 13.2 Å². The first-order valence-electron chi connectivity index (χ1n) is 6.68. The molecule has 24 heavy (non-hydrogen) atoms. The molecule has 1 aromatic heterocycles. The lowest BCUT2D eigenvalue weighted by Crippen LogP contribution is -2.40. The summed E-state index contributed by atoms with van der Waals surface area (Å²) in [6.45, 7) is 1.49. The number of rotatable bonds is 4. The van der Waals surface area contributed by atoms with Gasteiger partial charge in [0.25, 0.3) is 0 Å². The topological polar surface area (TPSA) is 88.3 Å². The van der Waals surface area contributed by atoms with Gasteiger partial charge in [0.15, 0.2) is 5.75 Å². The van der Waals surface area contributed by atoms with Crippen molar-refractivity contribution in [3.05, 3.63) is 18.3 Å². The Morgan fingerprint density at radius 1 is 1.25 bits per heavy atom. The lowest BCUT2D eigenvalue weighted by molar-refractivity contribution is -0.106. The van der Waals surface area contributed by atoms with E-state index in [1.54, 1.807) is 6.07 Å². The molecule has 0 amide bonds. The Hall–Kier alpha value is -0.970. The zero-order valence-electron chi connectivity index (χ0n) is 12.5. The van der Waals surface area contributed by atoms with Crippen LogP contribution in [0.5, 0.6) is 0 Å². The number of aromatic nitrogens is 1. The molecule has 0 saturated carbocycles. The van der Waals surface area contributed by atoms with Gasteiger partial charge in [-0.1, -0.05) is 0 Å². The second-order valence-electron chi connectivity index (χ2n) is 5.21. The molecule has 0 aromatic carbocycles. The van der Waals surface area contributed by atoms with Crippen molar-refractivity contribution < 1.29 is 21.6 Å². The van der Waals surface area contributed by atoms with E-state index in [1.165, 1.54) is 12.3 Å². The van der Waals surface area contributed by atoms with Crippen molar-refractivity contribution in [3.8, 4) is 0 Å². The smallest absolute Gasteiger partial charge is 0.357 e. The monoisotopic (exact) mass is 410 g/mol. The molecule has 1 aliphatic rings. The Balaban J connectivity index is 0.00000264. The molecule has 2 rings (SSSR count). The van der Waals surface area contributed by atoms with E-state index in [0.717, 1.165) is 25.9 Å². The number of anilines is 2. The first kappa shape index (κ1) is 23.0. The molecule has 1 fully saturated rings. The van der Waals surface area contributed by atoms with E-state index in [1.807, 2.05) is 9.62 Å². The van der Waals surface area contributed by atoms with Gasteiger partial charge in [-0.3, -0.25) is 4.72 Å². The number of sulfonamides is 1. The normalized spacial score (nSPS) is 16.1. The number of nitrogens with zero attached hydrogens (tertiary/aromatic N) is 2. The average Bonchev–Trinajstić information content (AvgIpc) is 2.37. The maximum absolute atomic E-state index is 12.1. The number of nitrogens with one attached hydrogen (secondary N) is 1. The number of piperidine rings is 1. The Bertz CT molecular complexity index is 606. The molecule has 1 saturated heterocycles. The van der Waals surface area contributed by atoms with Crippen LogP contribution < -0.4 is 15.4 Å². The van der Waals surface area contributed by atoms with E-state index in [4.69, 9.17) is 5.73 Å². The van der Waals surface area contributed by atoms with Gasteiger partial charge in [-0.15, -0.1) is 24.8 Å². The van der Waals surface area contributed by atoms with Crippen molar-refractivity contribution in [1.82, 2.24) is 4.98 Å². The van der Waals surface area contributed by atoms with E-state index >= 15 is 0 Å². The summed E-state index contributed by atoms with van der Waals surface area (Å²) in [5.74, 6) is -1.28. The first-order valence-corrected chi connectivity index (χ1v) is 8.34. The molecule has 6 nitrogen and oxygen atoms in total. The molecular weight excluding hydrogens is 392 g/mol. The quantitative estimate of drug-likeness (QED) is 0.793. The molecule has 0 aliphatic carbocycles. The Kier molecular flexibility index (Phi) is 8.57. The predicted octanol–water partition coefficient (Wildman–Crippen LogP) is 2.16. The summed E-state index contributed by atoms with van der Waals surface area (Å²) in [5, 5.41) is 0. The zero-order chi connectivity index (χ0) is 16.4. The van der Waals surface area contributed by atoms with Crippen molar-refractivity contribution in [3.63, 3.8) is 0 Å². The molecule has 140 valence electrons. The molecular formula is C12H19Cl2F3N4O2S. The molecule has 3 N–H and O–H groups in total. The van der Waals surface area contributed by atoms with Crippen LogP contribution in [0.25, 0.3) is 0 Å². The van der Waals surface area contributed by atoms with Crippen LogP contribution >= 0.6 is 24.8 Å². The minimum Gasteiger partial charge on any atom is -0.357 e. The van der Waals surface area contributed by atoms with Crippen LogP contribution in [0, 0.1) is 0 Å². The fourth-order valence-corrected chi connectivity index (χ4v) is 3.18. The maximum Gasteiger partial charge on any atom is 0.404 e. The molecule has 12 heteroatoms. The Morgan fingerprint density at radius 2 is 1.83 bits per heavy atom. The zero-order valence-corrected chi connectivity index (χ0v) is 14.9. The van der Waals surface area contributed by atoms with Crippen LogP contribution in [-0.2, 0) is 10.0 Å². The van der Waals surface area contributed by atoms with Crippen LogP contribution in [0.3, 0.4) is 0 Å². The number of nitrogens with two attached hydrogens (primary N) is 1. The number of pyridine rings is 1. The minimum atomic E-state index is -4.79. The Labute approximate surface area is 150 Å². The van der Waals surface area contributed by atoms with Gasteiger partial charge in [0, 0.05) is 19.1 Å². The average molecular weight is 411 g/mol. The lowest BCUT2D eigenvalue weighted by atomic mass is 10.1. The third kappa shape index (κ3) is 7.29. The summed E-state index contributed by atoms with van der Waals surface area (Å²) in [6.07, 6.45) is -1.91. The van der Waals surface area contributed by atoms with E-state index in [2.05, 4.69) is 4.98 Å². The van der Waals surface area contributed by atoms with Crippen molar-refractivity contribution in [1.29, 1.82) is 0 Å². The van der Waals surface area contributed by atoms with Crippen molar-refractivity contribution in [2.24, 2.45) is 5.73 Å². The molecule has 0 radical (unpaired) electrons. The summed E-state index contributed by atoms with van der Waals surface area (Å²) in [7, 11) is -4.48. The van der Waals surface area contributed by atoms with E-state index in [9.17, 15) is 21.6 Å². The highest BCUT2D eigenvalue weighted by molar-refractivity contribution is 7.92. The molecule has 1 aromatic rings. The number of hydrogen-bond donors (Lipinski definition) is 2. The van der Waals surface area contributed by atoms with Crippen molar-refractivity contribution in [2.75, 3.05) is 28.5 Å². The van der Waals surface area contributed by atoms with E-state index in [-0.39, 0.29) is 36.5 Å². The third-order valence-electron chi connectivity index (χ3n) is 3.24. The molecule has 2 heterocycles. The highest BCUT2D eigenvalue weighted by atomic mass is 35.5. The minimum absolute atomic E-state index is 0. The number of halogens is 5. The summed E-state index contributed by atoms with van der Waals surface area (Å²) in [4.78, 5) is 6.08. The van der Waals surface area contributed by atoms with Gasteiger partial charge in [-0.05, 0) is 25.0 Å². The second-order valence-corrected chi connectivity index (χ2v) is 6.93. The van der Waals surface area contributed by atoms with Crippen LogP contribution in [-0.4, -0.2) is 44.5 Å². The Morgan fingerprint density at radius 3 is 2.29 bits per heavy atom.